The van der Waals surface area contributed by atoms with E-state index in [1.54, 1.807) is 12.1 Å². The molecule has 0 unspecified atom stereocenters. The van der Waals surface area contributed by atoms with Crippen LogP contribution >= 0.6 is 11.6 Å². The molecule has 1 aliphatic carbocycles. The van der Waals surface area contributed by atoms with E-state index in [0.29, 0.717) is 29.5 Å². The van der Waals surface area contributed by atoms with Crippen molar-refractivity contribution in [3.63, 3.8) is 0 Å². The Morgan fingerprint density at radius 3 is 2.96 bits per heavy atom. The zero-order valence-electron chi connectivity index (χ0n) is 15.2. The topological polar surface area (TPSA) is 69.0 Å². The van der Waals surface area contributed by atoms with Crippen molar-refractivity contribution in [3.8, 4) is 5.75 Å². The molecular weight excluding hydrogens is 370 g/mol. The predicted octanol–water partition coefficient (Wildman–Crippen LogP) is 3.30. The molecule has 0 N–H and O–H groups in total. The molecule has 2 heterocycles. The lowest BCUT2D eigenvalue weighted by atomic mass is 9.90. The highest BCUT2D eigenvalue weighted by Crippen LogP contribution is 2.32. The van der Waals surface area contributed by atoms with Crippen LogP contribution in [0.3, 0.4) is 0 Å². The van der Waals surface area contributed by atoms with Gasteiger partial charge in [-0.15, -0.1) is 0 Å². The summed E-state index contributed by atoms with van der Waals surface area (Å²) < 4.78 is 16.7. The predicted molar refractivity (Wildman–Crippen MR) is 101 cm³/mol. The molecular formula is C20H22ClNO5. The average molecular weight is 392 g/mol. The molecule has 1 amide bonds. The molecule has 7 heteroatoms. The third-order valence-electron chi connectivity index (χ3n) is 5.41. The van der Waals surface area contributed by atoms with Gasteiger partial charge < -0.3 is 18.8 Å². The van der Waals surface area contributed by atoms with Crippen LogP contribution in [-0.4, -0.2) is 42.7 Å². The van der Waals surface area contributed by atoms with Crippen molar-refractivity contribution in [1.29, 1.82) is 0 Å². The zero-order valence-corrected chi connectivity index (χ0v) is 16.0. The molecule has 2 aliphatic rings. The summed E-state index contributed by atoms with van der Waals surface area (Å²) in [7, 11) is 0. The minimum Gasteiger partial charge on any atom is -0.482 e. The van der Waals surface area contributed by atoms with Crippen molar-refractivity contribution >= 4 is 28.5 Å². The van der Waals surface area contributed by atoms with Crippen LogP contribution in [-0.2, 0) is 9.53 Å². The maximum absolute atomic E-state index is 12.7. The second-order valence-electron chi connectivity index (χ2n) is 7.16. The summed E-state index contributed by atoms with van der Waals surface area (Å²) >= 11 is 6.31. The van der Waals surface area contributed by atoms with Crippen LogP contribution < -0.4 is 10.4 Å². The number of rotatable bonds is 3. The third-order valence-corrected chi connectivity index (χ3v) is 5.70. The molecule has 2 aromatic rings. The van der Waals surface area contributed by atoms with Crippen LogP contribution in [0.25, 0.3) is 11.0 Å². The van der Waals surface area contributed by atoms with E-state index in [2.05, 4.69) is 0 Å². The second kappa shape index (κ2) is 7.52. The van der Waals surface area contributed by atoms with E-state index in [-0.39, 0.29) is 24.7 Å². The highest BCUT2D eigenvalue weighted by atomic mass is 35.5. The number of morpholine rings is 1. The van der Waals surface area contributed by atoms with Crippen LogP contribution in [0.15, 0.2) is 27.4 Å². The van der Waals surface area contributed by atoms with Gasteiger partial charge in [0.05, 0.1) is 23.8 Å². The van der Waals surface area contributed by atoms with E-state index < -0.39 is 5.63 Å². The Kier molecular flexibility index (Phi) is 5.10. The quantitative estimate of drug-likeness (QED) is 0.751. The first kappa shape index (κ1) is 18.3. The number of halogens is 1. The Morgan fingerprint density at radius 1 is 1.30 bits per heavy atom. The summed E-state index contributed by atoms with van der Waals surface area (Å²) in [4.78, 5) is 26.2. The van der Waals surface area contributed by atoms with E-state index in [4.69, 9.17) is 25.5 Å². The number of nitrogens with zero attached hydrogens (tertiary/aromatic N) is 1. The normalized spacial score (nSPS) is 22.5. The van der Waals surface area contributed by atoms with E-state index in [1.807, 2.05) is 11.8 Å². The molecule has 4 rings (SSSR count). The summed E-state index contributed by atoms with van der Waals surface area (Å²) in [5.74, 6) is 0.261. The first-order chi connectivity index (χ1) is 13.0. The number of hydrogen-bond donors (Lipinski definition) is 0. The summed E-state index contributed by atoms with van der Waals surface area (Å²) in [6, 6.07) is 4.82. The highest BCUT2D eigenvalue weighted by Gasteiger charge is 2.36. The van der Waals surface area contributed by atoms with Crippen molar-refractivity contribution in [2.45, 2.75) is 44.8 Å². The Bertz CT molecular complexity index is 922. The van der Waals surface area contributed by atoms with Gasteiger partial charge in [0, 0.05) is 24.1 Å². The fourth-order valence-electron chi connectivity index (χ4n) is 4.06. The zero-order chi connectivity index (χ0) is 19.0. The van der Waals surface area contributed by atoms with Crippen molar-refractivity contribution in [2.75, 3.05) is 19.8 Å². The molecule has 2 atom stereocenters. The van der Waals surface area contributed by atoms with Crippen LogP contribution in [0.2, 0.25) is 5.02 Å². The lowest BCUT2D eigenvalue weighted by molar-refractivity contribution is -0.151. The first-order valence-corrected chi connectivity index (χ1v) is 9.68. The lowest BCUT2D eigenvalue weighted by Gasteiger charge is -2.43. The fourth-order valence-corrected chi connectivity index (χ4v) is 4.28. The van der Waals surface area contributed by atoms with Crippen LogP contribution in [0.1, 0.15) is 31.2 Å². The van der Waals surface area contributed by atoms with Crippen molar-refractivity contribution in [2.24, 2.45) is 0 Å². The van der Waals surface area contributed by atoms with Gasteiger partial charge in [-0.3, -0.25) is 4.79 Å². The standard InChI is InChI=1S/C20H22ClNO5/c1-12-8-20(24)27-17-10-18(14(21)9-13(12)17)26-11-19(23)22-6-7-25-16-5-3-2-4-15(16)22/h8-10,15-16H,2-7,11H2,1H3/t15-,16-/m0/s1. The maximum atomic E-state index is 12.7. The summed E-state index contributed by atoms with van der Waals surface area (Å²) in [6.07, 6.45) is 4.38. The molecule has 0 radical (unpaired) electrons. The van der Waals surface area contributed by atoms with Crippen molar-refractivity contribution in [1.82, 2.24) is 4.90 Å². The Hall–Kier alpha value is -2.05. The number of ether oxygens (including phenoxy) is 2. The molecule has 1 saturated carbocycles. The van der Waals surface area contributed by atoms with E-state index >= 15 is 0 Å². The average Bonchev–Trinajstić information content (AvgIpc) is 2.66. The summed E-state index contributed by atoms with van der Waals surface area (Å²) in [5.41, 5.74) is 0.744. The third kappa shape index (κ3) is 3.69. The first-order valence-electron chi connectivity index (χ1n) is 9.31. The molecule has 1 aliphatic heterocycles. The number of fused-ring (bicyclic) bond motifs is 2. The van der Waals surface area contributed by atoms with Crippen LogP contribution in [0.5, 0.6) is 5.75 Å². The second-order valence-corrected chi connectivity index (χ2v) is 7.57. The van der Waals surface area contributed by atoms with Gasteiger partial charge in [-0.2, -0.15) is 0 Å². The molecule has 2 fully saturated rings. The molecule has 1 saturated heterocycles. The molecule has 144 valence electrons. The van der Waals surface area contributed by atoms with Gasteiger partial charge in [-0.05, 0) is 31.4 Å². The Balaban J connectivity index is 1.50. The molecule has 1 aromatic carbocycles. The van der Waals surface area contributed by atoms with Gasteiger partial charge in [-0.25, -0.2) is 4.79 Å². The summed E-state index contributed by atoms with van der Waals surface area (Å²) in [5, 5.41) is 1.13. The number of aryl methyl sites for hydroxylation is 1. The van der Waals surface area contributed by atoms with Crippen molar-refractivity contribution in [3.05, 3.63) is 39.2 Å². The number of benzene rings is 1. The van der Waals surface area contributed by atoms with Gasteiger partial charge in [-0.1, -0.05) is 24.4 Å². The van der Waals surface area contributed by atoms with Gasteiger partial charge in [0.2, 0.25) is 0 Å². The number of hydrogen-bond acceptors (Lipinski definition) is 5. The largest absolute Gasteiger partial charge is 0.482 e. The Labute approximate surface area is 162 Å². The number of amides is 1. The fraction of sp³-hybridized carbons (Fsp3) is 0.500. The van der Waals surface area contributed by atoms with Crippen LogP contribution in [0, 0.1) is 6.92 Å². The van der Waals surface area contributed by atoms with Crippen molar-refractivity contribution < 1.29 is 18.7 Å². The van der Waals surface area contributed by atoms with Gasteiger partial charge in [0.15, 0.2) is 6.61 Å². The molecule has 6 nitrogen and oxygen atoms in total. The summed E-state index contributed by atoms with van der Waals surface area (Å²) in [6.45, 7) is 2.86. The SMILES string of the molecule is Cc1cc(=O)oc2cc(OCC(=O)N3CCO[C@H]4CCCC[C@@H]43)c(Cl)cc12. The van der Waals surface area contributed by atoms with E-state index in [0.717, 1.165) is 36.6 Å². The number of carbonyl (C=O) groups excluding carboxylic acids is 1. The highest BCUT2D eigenvalue weighted by molar-refractivity contribution is 6.32. The lowest BCUT2D eigenvalue weighted by Crippen LogP contribution is -2.55. The molecule has 1 aromatic heterocycles. The van der Waals surface area contributed by atoms with E-state index in [9.17, 15) is 9.59 Å². The van der Waals surface area contributed by atoms with Crippen LogP contribution in [0.4, 0.5) is 0 Å². The molecule has 0 bridgehead atoms. The van der Waals surface area contributed by atoms with E-state index in [1.165, 1.54) is 6.07 Å². The monoisotopic (exact) mass is 391 g/mol. The Morgan fingerprint density at radius 2 is 2.11 bits per heavy atom. The minimum atomic E-state index is -0.430. The molecule has 0 spiro atoms. The van der Waals surface area contributed by atoms with Gasteiger partial charge in [0.1, 0.15) is 11.3 Å². The van der Waals surface area contributed by atoms with Gasteiger partial charge in [0.25, 0.3) is 5.91 Å². The minimum absolute atomic E-state index is 0.0722. The number of carbonyl (C=O) groups is 1. The maximum Gasteiger partial charge on any atom is 0.336 e. The van der Waals surface area contributed by atoms with Gasteiger partial charge >= 0.3 is 5.63 Å². The molecule has 27 heavy (non-hydrogen) atoms. The smallest absolute Gasteiger partial charge is 0.336 e.